The average Bonchev–Trinajstić information content (AvgIpc) is 2.34. The van der Waals surface area contributed by atoms with Crippen LogP contribution < -0.4 is 5.32 Å². The molecule has 1 rings (SSSR count). The second-order valence-electron chi connectivity index (χ2n) is 4.79. The van der Waals surface area contributed by atoms with Crippen molar-refractivity contribution in [1.82, 2.24) is 0 Å². The van der Waals surface area contributed by atoms with Crippen LogP contribution in [0.15, 0.2) is 23.1 Å². The third kappa shape index (κ3) is 5.65. The van der Waals surface area contributed by atoms with Gasteiger partial charge in [0.15, 0.2) is 9.84 Å². The summed E-state index contributed by atoms with van der Waals surface area (Å²) in [5.74, 6) is 0.0956. The molecule has 1 aromatic carbocycles. The van der Waals surface area contributed by atoms with Gasteiger partial charge < -0.3 is 10.4 Å². The molecule has 0 spiro atoms. The smallest absolute Gasteiger partial charge is 0.175 e. The third-order valence-corrected chi connectivity index (χ3v) is 6.31. The topological polar surface area (TPSA) is 66.4 Å². The molecule has 0 aliphatic heterocycles. The molecule has 6 heteroatoms. The molecule has 2 N–H and O–H groups in total. The van der Waals surface area contributed by atoms with Gasteiger partial charge in [-0.05, 0) is 24.6 Å². The number of benzene rings is 1. The van der Waals surface area contributed by atoms with Crippen molar-refractivity contribution in [3.8, 4) is 5.75 Å². The SMILES string of the molecule is CCC[SiH2]CCCNc1cc(S(C)(=O)=O)ccc1O. The fourth-order valence-electron chi connectivity index (χ4n) is 1.84. The van der Waals surface area contributed by atoms with E-state index >= 15 is 0 Å². The number of sulfone groups is 1. The van der Waals surface area contributed by atoms with Crippen molar-refractivity contribution in [2.75, 3.05) is 18.1 Å². The Morgan fingerprint density at radius 2 is 2.05 bits per heavy atom. The summed E-state index contributed by atoms with van der Waals surface area (Å²) in [6.07, 6.45) is 3.52. The minimum absolute atomic E-state index is 0.0728. The van der Waals surface area contributed by atoms with Gasteiger partial charge in [-0.2, -0.15) is 0 Å². The second kappa shape index (κ2) is 7.55. The number of nitrogens with one attached hydrogen (secondary N) is 1. The molecule has 0 aliphatic rings. The molecule has 0 aromatic heterocycles. The molecule has 0 bridgehead atoms. The molecule has 0 saturated carbocycles. The summed E-state index contributed by atoms with van der Waals surface area (Å²) >= 11 is 0. The van der Waals surface area contributed by atoms with Crippen LogP contribution in [-0.2, 0) is 9.84 Å². The molecular weight excluding hydrogens is 278 g/mol. The van der Waals surface area contributed by atoms with Crippen LogP contribution >= 0.6 is 0 Å². The Hall–Kier alpha value is -1.01. The van der Waals surface area contributed by atoms with E-state index in [2.05, 4.69) is 12.2 Å². The summed E-state index contributed by atoms with van der Waals surface area (Å²) in [5.41, 5.74) is 0.500. The van der Waals surface area contributed by atoms with E-state index in [-0.39, 0.29) is 20.2 Å². The van der Waals surface area contributed by atoms with Crippen LogP contribution in [0.4, 0.5) is 5.69 Å². The number of hydrogen-bond acceptors (Lipinski definition) is 4. The van der Waals surface area contributed by atoms with Gasteiger partial charge in [-0.15, -0.1) is 0 Å². The lowest BCUT2D eigenvalue weighted by atomic mass is 10.3. The number of rotatable bonds is 8. The molecular formula is C13H23NO3SSi. The van der Waals surface area contributed by atoms with E-state index in [0.717, 1.165) is 13.0 Å². The number of aromatic hydroxyl groups is 1. The molecule has 0 heterocycles. The van der Waals surface area contributed by atoms with Gasteiger partial charge in [0.1, 0.15) is 5.75 Å². The van der Waals surface area contributed by atoms with E-state index < -0.39 is 9.84 Å². The molecule has 4 nitrogen and oxygen atoms in total. The Kier molecular flexibility index (Phi) is 6.37. The van der Waals surface area contributed by atoms with Crippen LogP contribution in [0.2, 0.25) is 12.1 Å². The monoisotopic (exact) mass is 301 g/mol. The van der Waals surface area contributed by atoms with Crippen molar-refractivity contribution in [3.63, 3.8) is 0 Å². The van der Waals surface area contributed by atoms with Gasteiger partial charge in [0.25, 0.3) is 0 Å². The number of hydrogen-bond donors (Lipinski definition) is 2. The molecule has 0 unspecified atom stereocenters. The maximum absolute atomic E-state index is 11.4. The molecule has 0 aliphatic carbocycles. The fourth-order valence-corrected chi connectivity index (χ4v) is 3.94. The Morgan fingerprint density at radius 3 is 2.68 bits per heavy atom. The van der Waals surface area contributed by atoms with Crippen molar-refractivity contribution in [2.24, 2.45) is 0 Å². The summed E-state index contributed by atoms with van der Waals surface area (Å²) in [7, 11) is -3.16. The Morgan fingerprint density at radius 1 is 1.32 bits per heavy atom. The quantitative estimate of drug-likeness (QED) is 0.438. The second-order valence-corrected chi connectivity index (χ2v) is 8.93. The minimum Gasteiger partial charge on any atom is -0.506 e. The van der Waals surface area contributed by atoms with E-state index in [0.29, 0.717) is 5.69 Å². The van der Waals surface area contributed by atoms with Crippen molar-refractivity contribution >= 4 is 25.0 Å². The summed E-state index contributed by atoms with van der Waals surface area (Å²) in [4.78, 5) is 0.230. The number of phenols is 1. The van der Waals surface area contributed by atoms with Gasteiger partial charge in [0.2, 0.25) is 0 Å². The maximum atomic E-state index is 11.4. The third-order valence-electron chi connectivity index (χ3n) is 2.99. The first-order valence-corrected chi connectivity index (χ1v) is 10.6. The highest BCUT2D eigenvalue weighted by Gasteiger charge is 2.10. The van der Waals surface area contributed by atoms with Crippen LogP contribution in [-0.4, -0.2) is 35.8 Å². The van der Waals surface area contributed by atoms with Crippen LogP contribution in [0.3, 0.4) is 0 Å². The molecule has 108 valence electrons. The van der Waals surface area contributed by atoms with Gasteiger partial charge in [-0.1, -0.05) is 25.4 Å². The van der Waals surface area contributed by atoms with Crippen molar-refractivity contribution < 1.29 is 13.5 Å². The summed E-state index contributed by atoms with van der Waals surface area (Å²) in [6.45, 7) is 2.98. The molecule has 19 heavy (non-hydrogen) atoms. The zero-order valence-electron chi connectivity index (χ0n) is 11.6. The van der Waals surface area contributed by atoms with Crippen molar-refractivity contribution in [1.29, 1.82) is 0 Å². The van der Waals surface area contributed by atoms with Crippen LogP contribution in [0, 0.1) is 0 Å². The molecule has 0 amide bonds. The predicted molar refractivity (Wildman–Crippen MR) is 82.8 cm³/mol. The van der Waals surface area contributed by atoms with E-state index in [9.17, 15) is 13.5 Å². The van der Waals surface area contributed by atoms with Gasteiger partial charge >= 0.3 is 0 Å². The first kappa shape index (κ1) is 16.0. The van der Waals surface area contributed by atoms with Crippen LogP contribution in [0.25, 0.3) is 0 Å². The molecule has 0 fully saturated rings. The normalized spacial score (nSPS) is 12.1. The van der Waals surface area contributed by atoms with Gasteiger partial charge in [-0.3, -0.25) is 0 Å². The average molecular weight is 301 g/mol. The van der Waals surface area contributed by atoms with Gasteiger partial charge in [0, 0.05) is 22.3 Å². The zero-order valence-corrected chi connectivity index (χ0v) is 13.9. The maximum Gasteiger partial charge on any atom is 0.175 e. The standard InChI is InChI=1S/C13H23NO3SSi/c1-3-8-19-9-4-7-14-12-10-11(18(2,16)17)5-6-13(12)15/h5-6,10,14-15H,3-4,7-9,19H2,1-2H3. The largest absolute Gasteiger partial charge is 0.506 e. The van der Waals surface area contributed by atoms with Crippen LogP contribution in [0.1, 0.15) is 19.8 Å². The molecule has 1 aromatic rings. The first-order chi connectivity index (χ1) is 8.95. The van der Waals surface area contributed by atoms with E-state index in [1.807, 2.05) is 0 Å². The highest BCUT2D eigenvalue weighted by molar-refractivity contribution is 7.90. The molecule has 0 atom stereocenters. The fraction of sp³-hybridized carbons (Fsp3) is 0.538. The van der Waals surface area contributed by atoms with E-state index in [1.165, 1.54) is 43.0 Å². The molecule has 0 saturated heterocycles. The number of phenolic OH excluding ortho intramolecular Hbond substituents is 1. The lowest BCUT2D eigenvalue weighted by Crippen LogP contribution is -2.04. The van der Waals surface area contributed by atoms with Crippen molar-refractivity contribution in [3.05, 3.63) is 18.2 Å². The first-order valence-electron chi connectivity index (χ1n) is 6.72. The Bertz CT molecular complexity index is 503. The summed E-state index contributed by atoms with van der Waals surface area (Å²) in [5, 5.41) is 12.8. The highest BCUT2D eigenvalue weighted by atomic mass is 32.2. The molecule has 0 radical (unpaired) electrons. The summed E-state index contributed by atoms with van der Waals surface area (Å²) in [6, 6.07) is 7.00. The van der Waals surface area contributed by atoms with E-state index in [4.69, 9.17) is 0 Å². The Labute approximate surface area is 118 Å². The minimum atomic E-state index is -3.23. The lowest BCUT2D eigenvalue weighted by Gasteiger charge is -2.09. The van der Waals surface area contributed by atoms with Gasteiger partial charge in [0.05, 0.1) is 10.6 Å². The summed E-state index contributed by atoms with van der Waals surface area (Å²) < 4.78 is 22.9. The lowest BCUT2D eigenvalue weighted by molar-refractivity contribution is 0.476. The predicted octanol–water partition coefficient (Wildman–Crippen LogP) is 2.01. The van der Waals surface area contributed by atoms with Crippen LogP contribution in [0.5, 0.6) is 5.75 Å². The van der Waals surface area contributed by atoms with E-state index in [1.54, 1.807) is 0 Å². The zero-order chi connectivity index (χ0) is 14.3. The van der Waals surface area contributed by atoms with Crippen molar-refractivity contribution in [2.45, 2.75) is 36.7 Å². The highest BCUT2D eigenvalue weighted by Crippen LogP contribution is 2.26. The number of anilines is 1. The Balaban J connectivity index is 2.53. The van der Waals surface area contributed by atoms with Gasteiger partial charge in [-0.25, -0.2) is 8.42 Å².